The van der Waals surface area contributed by atoms with Crippen LogP contribution in [0.15, 0.2) is 53.5 Å². The van der Waals surface area contributed by atoms with Crippen molar-refractivity contribution < 1.29 is 13.5 Å². The fourth-order valence-corrected chi connectivity index (χ4v) is 3.58. The highest BCUT2D eigenvalue weighted by molar-refractivity contribution is 14.0. The molecule has 2 N–H and O–H groups in total. The summed E-state index contributed by atoms with van der Waals surface area (Å²) in [5.41, 5.74) is 1.78. The SMILES string of the molecule is CN=C(NCc1cc(Cl)ccc1OC(F)F)NC1CCN(c2ccccc2)CC1.I. The van der Waals surface area contributed by atoms with Crippen molar-refractivity contribution in [3.8, 4) is 5.75 Å². The van der Waals surface area contributed by atoms with Gasteiger partial charge < -0.3 is 20.3 Å². The second-order valence-corrected chi connectivity index (χ2v) is 7.23. The van der Waals surface area contributed by atoms with Gasteiger partial charge in [-0.1, -0.05) is 29.8 Å². The number of ether oxygens (including phenoxy) is 1. The summed E-state index contributed by atoms with van der Waals surface area (Å²) in [5.74, 6) is 0.717. The number of aliphatic imine (C=N–C) groups is 1. The van der Waals surface area contributed by atoms with Crippen molar-refractivity contribution in [2.45, 2.75) is 32.0 Å². The second kappa shape index (κ2) is 12.1. The topological polar surface area (TPSA) is 48.9 Å². The quantitative estimate of drug-likeness (QED) is 0.305. The number of rotatable bonds is 6. The predicted molar refractivity (Wildman–Crippen MR) is 129 cm³/mol. The van der Waals surface area contributed by atoms with Crippen LogP contribution in [0.1, 0.15) is 18.4 Å². The van der Waals surface area contributed by atoms with Crippen LogP contribution in [-0.4, -0.2) is 38.8 Å². The molecule has 0 aliphatic carbocycles. The standard InChI is InChI=1S/C21H25ClF2N4O.HI/c1-25-21(26-14-15-13-16(22)7-8-19(15)29-20(23)24)27-17-9-11-28(12-10-17)18-5-3-2-4-6-18;/h2-8,13,17,20H,9-12,14H2,1H3,(H2,25,26,27);1H. The fraction of sp³-hybridized carbons (Fsp3) is 0.381. The Balaban J connectivity index is 0.00000320. The molecule has 164 valence electrons. The third kappa shape index (κ3) is 7.16. The summed E-state index contributed by atoms with van der Waals surface area (Å²) in [5, 5.41) is 7.03. The first-order valence-corrected chi connectivity index (χ1v) is 9.93. The minimum Gasteiger partial charge on any atom is -0.434 e. The largest absolute Gasteiger partial charge is 0.434 e. The van der Waals surface area contributed by atoms with Crippen molar-refractivity contribution in [3.63, 3.8) is 0 Å². The summed E-state index contributed by atoms with van der Waals surface area (Å²) < 4.78 is 29.8. The second-order valence-electron chi connectivity index (χ2n) is 6.80. The van der Waals surface area contributed by atoms with E-state index in [2.05, 4.69) is 37.4 Å². The summed E-state index contributed by atoms with van der Waals surface area (Å²) in [4.78, 5) is 6.62. The molecule has 0 bridgehead atoms. The van der Waals surface area contributed by atoms with Gasteiger partial charge in [0.2, 0.25) is 0 Å². The van der Waals surface area contributed by atoms with Gasteiger partial charge in [-0.3, -0.25) is 4.99 Å². The molecule has 1 aliphatic heterocycles. The third-order valence-electron chi connectivity index (χ3n) is 4.87. The molecule has 0 unspecified atom stereocenters. The smallest absolute Gasteiger partial charge is 0.387 e. The summed E-state index contributed by atoms with van der Waals surface area (Å²) in [6.45, 7) is -0.703. The maximum Gasteiger partial charge on any atom is 0.387 e. The molecule has 0 amide bonds. The van der Waals surface area contributed by atoms with E-state index in [1.165, 1.54) is 17.8 Å². The minimum absolute atomic E-state index is 0. The Morgan fingerprint density at radius 2 is 1.90 bits per heavy atom. The van der Waals surface area contributed by atoms with Crippen LogP contribution in [0.2, 0.25) is 5.02 Å². The van der Waals surface area contributed by atoms with E-state index < -0.39 is 6.61 Å². The molecule has 0 saturated carbocycles. The lowest BCUT2D eigenvalue weighted by Crippen LogP contribution is -2.48. The van der Waals surface area contributed by atoms with Gasteiger partial charge in [-0.05, 0) is 43.2 Å². The van der Waals surface area contributed by atoms with E-state index in [4.69, 9.17) is 11.6 Å². The highest BCUT2D eigenvalue weighted by Crippen LogP contribution is 2.24. The van der Waals surface area contributed by atoms with Gasteiger partial charge in [-0.2, -0.15) is 8.78 Å². The Kier molecular flexibility index (Phi) is 9.90. The number of hydrogen-bond donors (Lipinski definition) is 2. The normalized spacial score (nSPS) is 15.0. The molecule has 30 heavy (non-hydrogen) atoms. The average molecular weight is 551 g/mol. The van der Waals surface area contributed by atoms with Crippen LogP contribution in [0, 0.1) is 0 Å². The number of guanidine groups is 1. The van der Waals surface area contributed by atoms with Gasteiger partial charge in [-0.15, -0.1) is 24.0 Å². The maximum absolute atomic E-state index is 12.6. The molecule has 1 saturated heterocycles. The summed E-state index contributed by atoms with van der Waals surface area (Å²) in [7, 11) is 1.68. The molecule has 1 heterocycles. The molecule has 0 aromatic heterocycles. The Labute approximate surface area is 197 Å². The number of alkyl halides is 2. The number of nitrogens with zero attached hydrogens (tertiary/aromatic N) is 2. The Morgan fingerprint density at radius 3 is 2.53 bits per heavy atom. The molecule has 1 aliphatic rings. The van der Waals surface area contributed by atoms with E-state index in [0.717, 1.165) is 25.9 Å². The first-order chi connectivity index (χ1) is 14.0. The van der Waals surface area contributed by atoms with Crippen LogP contribution >= 0.6 is 35.6 Å². The van der Waals surface area contributed by atoms with Gasteiger partial charge in [0.1, 0.15) is 5.75 Å². The summed E-state index contributed by atoms with van der Waals surface area (Å²) >= 11 is 6.00. The van der Waals surface area contributed by atoms with Crippen LogP contribution < -0.4 is 20.3 Å². The van der Waals surface area contributed by atoms with Gasteiger partial charge in [0.15, 0.2) is 5.96 Å². The minimum atomic E-state index is -2.89. The molecule has 5 nitrogen and oxygen atoms in total. The Bertz CT molecular complexity index is 818. The van der Waals surface area contributed by atoms with Crippen molar-refractivity contribution in [2.75, 3.05) is 25.0 Å². The molecule has 2 aromatic rings. The van der Waals surface area contributed by atoms with E-state index >= 15 is 0 Å². The van der Waals surface area contributed by atoms with Crippen LogP contribution in [0.4, 0.5) is 14.5 Å². The zero-order chi connectivity index (χ0) is 20.6. The van der Waals surface area contributed by atoms with Crippen molar-refractivity contribution >= 4 is 47.2 Å². The maximum atomic E-state index is 12.6. The highest BCUT2D eigenvalue weighted by atomic mass is 127. The number of nitrogens with one attached hydrogen (secondary N) is 2. The molecule has 2 aromatic carbocycles. The van der Waals surface area contributed by atoms with Gasteiger partial charge in [0, 0.05) is 49.0 Å². The van der Waals surface area contributed by atoms with E-state index in [0.29, 0.717) is 16.5 Å². The third-order valence-corrected chi connectivity index (χ3v) is 5.10. The predicted octanol–water partition coefficient (Wildman–Crippen LogP) is 4.89. The zero-order valence-electron chi connectivity index (χ0n) is 16.7. The van der Waals surface area contributed by atoms with E-state index in [1.54, 1.807) is 13.1 Å². The van der Waals surface area contributed by atoms with Crippen molar-refractivity contribution in [2.24, 2.45) is 4.99 Å². The molecular formula is C21H26ClF2IN4O. The number of benzene rings is 2. The van der Waals surface area contributed by atoms with Crippen molar-refractivity contribution in [3.05, 3.63) is 59.1 Å². The van der Waals surface area contributed by atoms with Crippen LogP contribution in [0.25, 0.3) is 0 Å². The summed E-state index contributed by atoms with van der Waals surface area (Å²) in [6, 6.07) is 15.2. The van der Waals surface area contributed by atoms with Gasteiger partial charge in [0.25, 0.3) is 0 Å². The van der Waals surface area contributed by atoms with E-state index in [1.807, 2.05) is 18.2 Å². The number of para-hydroxylation sites is 1. The lowest BCUT2D eigenvalue weighted by Gasteiger charge is -2.34. The Hall–Kier alpha value is -1.81. The number of halogens is 4. The van der Waals surface area contributed by atoms with Crippen LogP contribution in [0.5, 0.6) is 5.75 Å². The van der Waals surface area contributed by atoms with Crippen molar-refractivity contribution in [1.29, 1.82) is 0 Å². The number of anilines is 1. The van der Waals surface area contributed by atoms with Crippen LogP contribution in [-0.2, 0) is 6.54 Å². The summed E-state index contributed by atoms with van der Waals surface area (Å²) in [6.07, 6.45) is 1.96. The molecule has 0 radical (unpaired) electrons. The molecule has 9 heteroatoms. The Morgan fingerprint density at radius 1 is 1.20 bits per heavy atom. The first kappa shape index (κ1) is 24.5. The van der Waals surface area contributed by atoms with Crippen LogP contribution in [0.3, 0.4) is 0 Å². The van der Waals surface area contributed by atoms with Crippen molar-refractivity contribution in [1.82, 2.24) is 10.6 Å². The monoisotopic (exact) mass is 550 g/mol. The van der Waals surface area contributed by atoms with E-state index in [-0.39, 0.29) is 42.3 Å². The van der Waals surface area contributed by atoms with Gasteiger partial charge in [0.05, 0.1) is 0 Å². The molecule has 0 spiro atoms. The number of hydrogen-bond acceptors (Lipinski definition) is 3. The average Bonchev–Trinajstić information content (AvgIpc) is 2.73. The molecular weight excluding hydrogens is 525 g/mol. The molecule has 1 fully saturated rings. The highest BCUT2D eigenvalue weighted by Gasteiger charge is 2.20. The van der Waals surface area contributed by atoms with Gasteiger partial charge >= 0.3 is 6.61 Å². The lowest BCUT2D eigenvalue weighted by molar-refractivity contribution is -0.0504. The van der Waals surface area contributed by atoms with E-state index in [9.17, 15) is 8.78 Å². The lowest BCUT2D eigenvalue weighted by atomic mass is 10.0. The number of piperidine rings is 1. The van der Waals surface area contributed by atoms with Gasteiger partial charge in [-0.25, -0.2) is 0 Å². The molecule has 3 rings (SSSR count). The first-order valence-electron chi connectivity index (χ1n) is 9.55. The fourth-order valence-electron chi connectivity index (χ4n) is 3.38. The molecule has 0 atom stereocenters. The zero-order valence-corrected chi connectivity index (χ0v) is 19.7.